The topological polar surface area (TPSA) is 32.8 Å². The second kappa shape index (κ2) is 6.91. The molecule has 3 rings (SSSR count). The highest BCUT2D eigenvalue weighted by Gasteiger charge is 2.27. The number of nitrogens with zero attached hydrogens (tertiary/aromatic N) is 2. The van der Waals surface area contributed by atoms with E-state index in [0.29, 0.717) is 13.1 Å². The van der Waals surface area contributed by atoms with Gasteiger partial charge in [0.05, 0.1) is 24.3 Å². The van der Waals surface area contributed by atoms with E-state index in [4.69, 9.17) is 4.74 Å². The smallest absolute Gasteiger partial charge is 0.256 e. The lowest BCUT2D eigenvalue weighted by molar-refractivity contribution is 0.0705. The van der Waals surface area contributed by atoms with Gasteiger partial charge in [0.2, 0.25) is 0 Å². The molecule has 1 amide bonds. The van der Waals surface area contributed by atoms with Crippen LogP contribution < -0.4 is 9.64 Å². The van der Waals surface area contributed by atoms with E-state index < -0.39 is 5.82 Å². The maximum Gasteiger partial charge on any atom is 0.256 e. The average Bonchev–Trinajstić information content (AvgIpc) is 2.60. The van der Waals surface area contributed by atoms with Gasteiger partial charge in [0.15, 0.2) is 0 Å². The monoisotopic (exact) mass is 328 g/mol. The minimum absolute atomic E-state index is 0.0866. The fourth-order valence-corrected chi connectivity index (χ4v) is 3.00. The van der Waals surface area contributed by atoms with Gasteiger partial charge in [0.25, 0.3) is 5.91 Å². The number of amides is 1. The van der Waals surface area contributed by atoms with Crippen LogP contribution in [0.3, 0.4) is 0 Å². The Morgan fingerprint density at radius 2 is 1.96 bits per heavy atom. The number of likely N-dealkylation sites (N-methyl/N-ethyl adjacent to an activating group) is 2. The van der Waals surface area contributed by atoms with Crippen molar-refractivity contribution in [3.63, 3.8) is 0 Å². The largest absolute Gasteiger partial charge is 0.485 e. The zero-order valence-corrected chi connectivity index (χ0v) is 13.9. The lowest BCUT2D eigenvalue weighted by atomic mass is 10.1. The van der Waals surface area contributed by atoms with Crippen molar-refractivity contribution in [1.82, 2.24) is 4.90 Å². The first kappa shape index (κ1) is 16.3. The van der Waals surface area contributed by atoms with Crippen molar-refractivity contribution >= 4 is 11.6 Å². The summed E-state index contributed by atoms with van der Waals surface area (Å²) in [7, 11) is 1.68. The second-order valence-electron chi connectivity index (χ2n) is 5.91. The van der Waals surface area contributed by atoms with Crippen molar-refractivity contribution < 1.29 is 13.9 Å². The number of fused-ring (bicyclic) bond motifs is 1. The molecule has 0 N–H and O–H groups in total. The van der Waals surface area contributed by atoms with Crippen molar-refractivity contribution in [2.45, 2.75) is 13.0 Å². The molecular formula is C19H21FN2O2. The number of anilines is 1. The third-order valence-corrected chi connectivity index (χ3v) is 4.23. The summed E-state index contributed by atoms with van der Waals surface area (Å²) in [5.74, 6) is -0.0135. The van der Waals surface area contributed by atoms with Crippen LogP contribution in [-0.2, 0) is 0 Å². The van der Waals surface area contributed by atoms with Crippen LogP contribution in [-0.4, -0.2) is 43.6 Å². The van der Waals surface area contributed by atoms with Crippen molar-refractivity contribution in [3.05, 3.63) is 59.9 Å². The standard InChI is InChI=1S/C19H21FN2O2/c1-3-22-13-14(24-18-11-7-6-10-17(18)22)12-21(2)19(23)15-8-4-5-9-16(15)20/h4-11,14H,3,12-13H2,1-2H3/t14-/m0/s1. The Hall–Kier alpha value is -2.56. The molecule has 2 aromatic rings. The average molecular weight is 328 g/mol. The van der Waals surface area contributed by atoms with Crippen molar-refractivity contribution in [3.8, 4) is 5.75 Å². The molecule has 0 saturated carbocycles. The summed E-state index contributed by atoms with van der Waals surface area (Å²) in [5.41, 5.74) is 1.16. The van der Waals surface area contributed by atoms with Crippen LogP contribution in [0.15, 0.2) is 48.5 Å². The molecule has 24 heavy (non-hydrogen) atoms. The molecule has 2 aromatic carbocycles. The number of para-hydroxylation sites is 2. The van der Waals surface area contributed by atoms with Crippen LogP contribution in [0.1, 0.15) is 17.3 Å². The first-order valence-electron chi connectivity index (χ1n) is 8.10. The molecule has 0 saturated heterocycles. The highest BCUT2D eigenvalue weighted by atomic mass is 19.1. The van der Waals surface area contributed by atoms with Gasteiger partial charge in [-0.05, 0) is 31.2 Å². The Labute approximate surface area is 141 Å². The molecule has 1 aliphatic rings. The molecular weight excluding hydrogens is 307 g/mol. The number of rotatable bonds is 4. The van der Waals surface area contributed by atoms with E-state index in [1.165, 1.54) is 17.0 Å². The first-order chi connectivity index (χ1) is 11.6. The Morgan fingerprint density at radius 3 is 2.71 bits per heavy atom. The molecule has 5 heteroatoms. The Bertz CT molecular complexity index is 735. The van der Waals surface area contributed by atoms with Gasteiger partial charge in [0, 0.05) is 13.6 Å². The summed E-state index contributed by atoms with van der Waals surface area (Å²) in [6.45, 7) is 4.05. The van der Waals surface area contributed by atoms with Crippen molar-refractivity contribution in [1.29, 1.82) is 0 Å². The Morgan fingerprint density at radius 1 is 1.25 bits per heavy atom. The summed E-state index contributed by atoms with van der Waals surface area (Å²) in [6, 6.07) is 13.9. The molecule has 1 aliphatic heterocycles. The molecule has 1 heterocycles. The van der Waals surface area contributed by atoms with Crippen LogP contribution in [0.25, 0.3) is 0 Å². The maximum atomic E-state index is 13.8. The molecule has 126 valence electrons. The number of carbonyl (C=O) groups is 1. The van der Waals surface area contributed by atoms with Crippen LogP contribution in [0, 0.1) is 5.82 Å². The fourth-order valence-electron chi connectivity index (χ4n) is 3.00. The number of hydrogen-bond acceptors (Lipinski definition) is 3. The van der Waals surface area contributed by atoms with Crippen LogP contribution >= 0.6 is 0 Å². The summed E-state index contributed by atoms with van der Waals surface area (Å²) < 4.78 is 19.8. The van der Waals surface area contributed by atoms with E-state index in [-0.39, 0.29) is 17.6 Å². The van der Waals surface area contributed by atoms with E-state index in [1.54, 1.807) is 19.2 Å². The lowest BCUT2D eigenvalue weighted by Crippen LogP contribution is -2.46. The van der Waals surface area contributed by atoms with Crippen LogP contribution in [0.4, 0.5) is 10.1 Å². The minimum atomic E-state index is -0.501. The highest BCUT2D eigenvalue weighted by molar-refractivity contribution is 5.94. The van der Waals surface area contributed by atoms with E-state index >= 15 is 0 Å². The van der Waals surface area contributed by atoms with E-state index in [0.717, 1.165) is 18.0 Å². The van der Waals surface area contributed by atoms with Gasteiger partial charge < -0.3 is 14.5 Å². The maximum absolute atomic E-state index is 13.8. The number of carbonyl (C=O) groups excluding carboxylic acids is 1. The molecule has 4 nitrogen and oxygen atoms in total. The number of hydrogen-bond donors (Lipinski definition) is 0. The summed E-state index contributed by atoms with van der Waals surface area (Å²) in [5, 5.41) is 0. The zero-order valence-electron chi connectivity index (χ0n) is 13.9. The Balaban J connectivity index is 1.72. The minimum Gasteiger partial charge on any atom is -0.485 e. The molecule has 0 aromatic heterocycles. The SMILES string of the molecule is CCN1C[C@H](CN(C)C(=O)c2ccccc2F)Oc2ccccc21. The van der Waals surface area contributed by atoms with Gasteiger partial charge in [-0.1, -0.05) is 24.3 Å². The van der Waals surface area contributed by atoms with Crippen molar-refractivity contribution in [2.75, 3.05) is 31.6 Å². The van der Waals surface area contributed by atoms with Gasteiger partial charge >= 0.3 is 0 Å². The molecule has 0 radical (unpaired) electrons. The fraction of sp³-hybridized carbons (Fsp3) is 0.316. The molecule has 0 unspecified atom stereocenters. The number of halogens is 1. The summed E-state index contributed by atoms with van der Waals surface area (Å²) >= 11 is 0. The second-order valence-corrected chi connectivity index (χ2v) is 5.91. The molecule has 1 atom stereocenters. The quantitative estimate of drug-likeness (QED) is 0.864. The third kappa shape index (κ3) is 3.20. The van der Waals surface area contributed by atoms with Gasteiger partial charge in [-0.15, -0.1) is 0 Å². The first-order valence-corrected chi connectivity index (χ1v) is 8.10. The normalized spacial score (nSPS) is 16.3. The molecule has 0 fully saturated rings. The van der Waals surface area contributed by atoms with Gasteiger partial charge in [0.1, 0.15) is 17.7 Å². The zero-order chi connectivity index (χ0) is 17.1. The number of ether oxygens (including phenoxy) is 1. The number of benzene rings is 2. The van der Waals surface area contributed by atoms with Crippen LogP contribution in [0.5, 0.6) is 5.75 Å². The van der Waals surface area contributed by atoms with Crippen molar-refractivity contribution in [2.24, 2.45) is 0 Å². The Kier molecular flexibility index (Phi) is 4.69. The van der Waals surface area contributed by atoms with Gasteiger partial charge in [-0.3, -0.25) is 4.79 Å². The van der Waals surface area contributed by atoms with Crippen LogP contribution in [0.2, 0.25) is 0 Å². The molecule has 0 bridgehead atoms. The predicted octanol–water partition coefficient (Wildman–Crippen LogP) is 3.19. The molecule has 0 aliphatic carbocycles. The van der Waals surface area contributed by atoms with E-state index in [1.807, 2.05) is 24.3 Å². The van der Waals surface area contributed by atoms with E-state index in [2.05, 4.69) is 11.8 Å². The molecule has 0 spiro atoms. The van der Waals surface area contributed by atoms with Gasteiger partial charge in [-0.25, -0.2) is 4.39 Å². The van der Waals surface area contributed by atoms with Gasteiger partial charge in [-0.2, -0.15) is 0 Å². The summed E-state index contributed by atoms with van der Waals surface area (Å²) in [4.78, 5) is 16.2. The highest BCUT2D eigenvalue weighted by Crippen LogP contribution is 2.32. The predicted molar refractivity (Wildman–Crippen MR) is 92.1 cm³/mol. The van der Waals surface area contributed by atoms with E-state index in [9.17, 15) is 9.18 Å². The summed E-state index contributed by atoms with van der Waals surface area (Å²) in [6.07, 6.45) is -0.152. The lowest BCUT2D eigenvalue weighted by Gasteiger charge is -2.37. The third-order valence-electron chi connectivity index (χ3n) is 4.23.